The Labute approximate surface area is 56.4 Å². The normalized spacial score (nSPS) is 10.1. The zero-order valence-corrected chi connectivity index (χ0v) is 5.89. The Balaban J connectivity index is 3.43. The Hall–Kier alpha value is -0.530. The van der Waals surface area contributed by atoms with Crippen molar-refractivity contribution < 1.29 is 4.79 Å². The first-order valence-corrected chi connectivity index (χ1v) is 3.28. The van der Waals surface area contributed by atoms with E-state index in [9.17, 15) is 4.79 Å². The van der Waals surface area contributed by atoms with Crippen molar-refractivity contribution in [1.29, 1.82) is 0 Å². The molecule has 0 saturated heterocycles. The van der Waals surface area contributed by atoms with Crippen LogP contribution in [0.15, 0.2) is 0 Å². The van der Waals surface area contributed by atoms with E-state index in [1.165, 1.54) is 0 Å². The lowest BCUT2D eigenvalue weighted by Crippen LogP contribution is -2.15. The molecule has 0 saturated carbocycles. The quantitative estimate of drug-likeness (QED) is 0.605. The standard InChI is InChI=1S/C7H14NO/c1-3-6(4-2)5-7(8)9/h6H,1,3-5H2,2H3,(H2,8,9). The number of carbonyl (C=O) groups excluding carboxylic acids is 1. The zero-order valence-electron chi connectivity index (χ0n) is 5.89. The molecule has 0 aromatic carbocycles. The molecule has 2 heteroatoms. The first-order valence-electron chi connectivity index (χ1n) is 3.28. The van der Waals surface area contributed by atoms with Crippen LogP contribution in [0.1, 0.15) is 26.2 Å². The molecule has 53 valence electrons. The Morgan fingerprint density at radius 1 is 1.78 bits per heavy atom. The van der Waals surface area contributed by atoms with Gasteiger partial charge in [-0.05, 0) is 12.3 Å². The van der Waals surface area contributed by atoms with Crippen LogP contribution >= 0.6 is 0 Å². The van der Waals surface area contributed by atoms with Gasteiger partial charge in [0, 0.05) is 6.42 Å². The third-order valence-corrected chi connectivity index (χ3v) is 1.48. The third-order valence-electron chi connectivity index (χ3n) is 1.48. The number of nitrogens with two attached hydrogens (primary N) is 1. The van der Waals surface area contributed by atoms with Crippen LogP contribution in [0.4, 0.5) is 0 Å². The second-order valence-electron chi connectivity index (χ2n) is 2.23. The van der Waals surface area contributed by atoms with Crippen LogP contribution in [-0.2, 0) is 4.79 Å². The molecule has 1 radical (unpaired) electrons. The van der Waals surface area contributed by atoms with E-state index in [1.54, 1.807) is 0 Å². The van der Waals surface area contributed by atoms with E-state index in [1.807, 2.05) is 6.92 Å². The van der Waals surface area contributed by atoms with Crippen LogP contribution in [-0.4, -0.2) is 5.91 Å². The van der Waals surface area contributed by atoms with Crippen LogP contribution < -0.4 is 5.73 Å². The number of hydrogen-bond donors (Lipinski definition) is 1. The molecular weight excluding hydrogens is 114 g/mol. The van der Waals surface area contributed by atoms with E-state index in [0.29, 0.717) is 12.3 Å². The van der Waals surface area contributed by atoms with Gasteiger partial charge in [-0.1, -0.05) is 20.3 Å². The smallest absolute Gasteiger partial charge is 0.217 e. The van der Waals surface area contributed by atoms with Gasteiger partial charge < -0.3 is 5.73 Å². The maximum Gasteiger partial charge on any atom is 0.217 e. The summed E-state index contributed by atoms with van der Waals surface area (Å²) in [5.41, 5.74) is 4.98. The van der Waals surface area contributed by atoms with E-state index >= 15 is 0 Å². The minimum atomic E-state index is -0.217. The molecule has 1 unspecified atom stereocenters. The minimum Gasteiger partial charge on any atom is -0.370 e. The average Bonchev–Trinajstić information content (AvgIpc) is 1.82. The van der Waals surface area contributed by atoms with Crippen LogP contribution in [0, 0.1) is 12.8 Å². The minimum absolute atomic E-state index is 0.217. The highest BCUT2D eigenvalue weighted by Gasteiger charge is 2.05. The largest absolute Gasteiger partial charge is 0.370 e. The lowest BCUT2D eigenvalue weighted by atomic mass is 9.99. The molecule has 2 nitrogen and oxygen atoms in total. The molecule has 0 bridgehead atoms. The second-order valence-corrected chi connectivity index (χ2v) is 2.23. The third kappa shape index (κ3) is 4.01. The van der Waals surface area contributed by atoms with Crippen LogP contribution in [0.2, 0.25) is 0 Å². The summed E-state index contributed by atoms with van der Waals surface area (Å²) in [7, 11) is 0. The molecule has 1 atom stereocenters. The zero-order chi connectivity index (χ0) is 7.28. The van der Waals surface area contributed by atoms with Gasteiger partial charge in [0.25, 0.3) is 0 Å². The van der Waals surface area contributed by atoms with Gasteiger partial charge in [0.2, 0.25) is 5.91 Å². The summed E-state index contributed by atoms with van der Waals surface area (Å²) in [6.45, 7) is 5.74. The van der Waals surface area contributed by atoms with Gasteiger partial charge in [-0.25, -0.2) is 0 Å². The Bertz CT molecular complexity index is 86.9. The molecule has 0 fully saturated rings. The van der Waals surface area contributed by atoms with Gasteiger partial charge in [-0.2, -0.15) is 0 Å². The van der Waals surface area contributed by atoms with E-state index in [0.717, 1.165) is 12.8 Å². The summed E-state index contributed by atoms with van der Waals surface area (Å²) < 4.78 is 0. The van der Waals surface area contributed by atoms with Gasteiger partial charge in [-0.3, -0.25) is 4.79 Å². The molecule has 0 aliphatic carbocycles. The van der Waals surface area contributed by atoms with Crippen molar-refractivity contribution in [2.75, 3.05) is 0 Å². The van der Waals surface area contributed by atoms with E-state index in [-0.39, 0.29) is 5.91 Å². The first-order chi connectivity index (χ1) is 4.20. The lowest BCUT2D eigenvalue weighted by molar-refractivity contribution is -0.118. The highest BCUT2D eigenvalue weighted by molar-refractivity contribution is 5.73. The topological polar surface area (TPSA) is 43.1 Å². The van der Waals surface area contributed by atoms with Crippen LogP contribution in [0.25, 0.3) is 0 Å². The number of carbonyl (C=O) groups is 1. The monoisotopic (exact) mass is 128 g/mol. The number of amides is 1. The molecule has 0 rings (SSSR count). The summed E-state index contributed by atoms with van der Waals surface area (Å²) in [6.07, 6.45) is 2.28. The molecule has 2 N–H and O–H groups in total. The maximum absolute atomic E-state index is 10.3. The lowest BCUT2D eigenvalue weighted by Gasteiger charge is -2.07. The fraction of sp³-hybridized carbons (Fsp3) is 0.714. The van der Waals surface area contributed by atoms with Gasteiger partial charge in [0.05, 0.1) is 0 Å². The summed E-state index contributed by atoms with van der Waals surface area (Å²) >= 11 is 0. The predicted octanol–water partition coefficient (Wildman–Crippen LogP) is 1.11. The fourth-order valence-corrected chi connectivity index (χ4v) is 0.735. The Kier molecular flexibility index (Phi) is 4.10. The molecule has 0 aliphatic rings. The second kappa shape index (κ2) is 4.36. The molecule has 9 heavy (non-hydrogen) atoms. The molecule has 0 spiro atoms. The van der Waals surface area contributed by atoms with Gasteiger partial charge in [-0.15, -0.1) is 0 Å². The summed E-state index contributed by atoms with van der Waals surface area (Å²) in [5.74, 6) is 0.174. The summed E-state index contributed by atoms with van der Waals surface area (Å²) in [6, 6.07) is 0. The molecule has 1 amide bonds. The average molecular weight is 128 g/mol. The Morgan fingerprint density at radius 3 is 2.44 bits per heavy atom. The van der Waals surface area contributed by atoms with Gasteiger partial charge in [0.15, 0.2) is 0 Å². The molecule has 0 aromatic rings. The van der Waals surface area contributed by atoms with E-state index in [4.69, 9.17) is 5.73 Å². The highest BCUT2D eigenvalue weighted by Crippen LogP contribution is 2.10. The van der Waals surface area contributed by atoms with Crippen molar-refractivity contribution in [3.63, 3.8) is 0 Å². The van der Waals surface area contributed by atoms with Crippen molar-refractivity contribution in [1.82, 2.24) is 0 Å². The molecule has 0 aliphatic heterocycles. The van der Waals surface area contributed by atoms with Gasteiger partial charge in [0.1, 0.15) is 0 Å². The summed E-state index contributed by atoms with van der Waals surface area (Å²) in [5, 5.41) is 0. The van der Waals surface area contributed by atoms with Gasteiger partial charge >= 0.3 is 0 Å². The molecular formula is C7H14NO. The fourth-order valence-electron chi connectivity index (χ4n) is 0.735. The van der Waals surface area contributed by atoms with Crippen LogP contribution in [0.3, 0.4) is 0 Å². The summed E-state index contributed by atoms with van der Waals surface area (Å²) in [4.78, 5) is 10.3. The van der Waals surface area contributed by atoms with Crippen molar-refractivity contribution >= 4 is 5.91 Å². The predicted molar refractivity (Wildman–Crippen MR) is 37.6 cm³/mol. The first kappa shape index (κ1) is 8.47. The van der Waals surface area contributed by atoms with Crippen molar-refractivity contribution in [2.24, 2.45) is 11.7 Å². The Morgan fingerprint density at radius 2 is 2.33 bits per heavy atom. The van der Waals surface area contributed by atoms with E-state index in [2.05, 4.69) is 6.92 Å². The van der Waals surface area contributed by atoms with Crippen molar-refractivity contribution in [3.05, 3.63) is 6.92 Å². The molecule has 0 aromatic heterocycles. The maximum atomic E-state index is 10.3. The SMILES string of the molecule is [CH2]CC(CC)CC(N)=O. The van der Waals surface area contributed by atoms with Crippen molar-refractivity contribution in [2.45, 2.75) is 26.2 Å². The number of primary amides is 1. The van der Waals surface area contributed by atoms with Crippen LogP contribution in [0.5, 0.6) is 0 Å². The number of hydrogen-bond acceptors (Lipinski definition) is 1. The van der Waals surface area contributed by atoms with E-state index < -0.39 is 0 Å². The molecule has 0 heterocycles. The van der Waals surface area contributed by atoms with Crippen molar-refractivity contribution in [3.8, 4) is 0 Å². The highest BCUT2D eigenvalue weighted by atomic mass is 16.1. The number of rotatable bonds is 4.